The summed E-state index contributed by atoms with van der Waals surface area (Å²) in [5, 5.41) is 2.70. The molecule has 2 aromatic rings. The maximum absolute atomic E-state index is 12.1. The van der Waals surface area contributed by atoms with Crippen molar-refractivity contribution in [3.63, 3.8) is 0 Å². The monoisotopic (exact) mass is 402 g/mol. The Morgan fingerprint density at radius 3 is 2.00 bits per heavy atom. The minimum Gasteiger partial charge on any atom is -0.493 e. The number of anilines is 1. The second-order valence-electron chi connectivity index (χ2n) is 6.33. The van der Waals surface area contributed by atoms with Gasteiger partial charge in [0.2, 0.25) is 5.75 Å². The third kappa shape index (κ3) is 5.78. The first kappa shape index (κ1) is 21.9. The largest absolute Gasteiger partial charge is 0.493 e. The molecular weight excluding hydrogens is 376 g/mol. The highest BCUT2D eigenvalue weighted by molar-refractivity contribution is 5.91. The number of amides is 1. The van der Waals surface area contributed by atoms with E-state index < -0.39 is 11.9 Å². The summed E-state index contributed by atoms with van der Waals surface area (Å²) in [7, 11) is 8.37. The van der Waals surface area contributed by atoms with Crippen molar-refractivity contribution in [3.05, 3.63) is 47.5 Å². The fourth-order valence-electron chi connectivity index (χ4n) is 2.60. The van der Waals surface area contributed by atoms with Crippen LogP contribution >= 0.6 is 0 Å². The fraction of sp³-hybridized carbons (Fsp3) is 0.333. The molecule has 8 nitrogen and oxygen atoms in total. The molecule has 0 aliphatic carbocycles. The summed E-state index contributed by atoms with van der Waals surface area (Å²) in [5.74, 6) is 0.474. The Balaban J connectivity index is 1.90. The second-order valence-corrected chi connectivity index (χ2v) is 6.33. The smallest absolute Gasteiger partial charge is 0.338 e. The number of benzene rings is 2. The number of carbonyl (C=O) groups is 2. The topological polar surface area (TPSA) is 86.3 Å². The molecule has 0 saturated carbocycles. The number of rotatable bonds is 9. The molecule has 156 valence electrons. The van der Waals surface area contributed by atoms with Crippen LogP contribution in [-0.2, 0) is 16.1 Å². The summed E-state index contributed by atoms with van der Waals surface area (Å²) in [6.45, 7) is -0.163. The summed E-state index contributed by atoms with van der Waals surface area (Å²) in [6, 6.07) is 10.4. The van der Waals surface area contributed by atoms with E-state index in [0.29, 0.717) is 22.8 Å². The average Bonchev–Trinajstić information content (AvgIpc) is 2.74. The minimum absolute atomic E-state index is 0.213. The first-order valence-corrected chi connectivity index (χ1v) is 8.89. The number of methoxy groups -OCH3 is 3. The van der Waals surface area contributed by atoms with Gasteiger partial charge in [0.15, 0.2) is 18.1 Å². The van der Waals surface area contributed by atoms with Gasteiger partial charge >= 0.3 is 5.97 Å². The van der Waals surface area contributed by atoms with Crippen LogP contribution in [0.15, 0.2) is 36.4 Å². The normalized spacial score (nSPS) is 10.1. The third-order valence-electron chi connectivity index (χ3n) is 4.17. The van der Waals surface area contributed by atoms with E-state index in [1.807, 2.05) is 19.0 Å². The van der Waals surface area contributed by atoms with Crippen molar-refractivity contribution in [3.8, 4) is 17.2 Å². The van der Waals surface area contributed by atoms with E-state index in [1.54, 1.807) is 36.4 Å². The molecule has 2 aromatic carbocycles. The van der Waals surface area contributed by atoms with Gasteiger partial charge < -0.3 is 29.2 Å². The van der Waals surface area contributed by atoms with Crippen molar-refractivity contribution in [1.29, 1.82) is 0 Å². The van der Waals surface area contributed by atoms with Gasteiger partial charge in [-0.05, 0) is 42.0 Å². The van der Waals surface area contributed by atoms with Crippen molar-refractivity contribution in [2.24, 2.45) is 0 Å². The van der Waals surface area contributed by atoms with E-state index in [0.717, 1.165) is 11.3 Å². The fourth-order valence-corrected chi connectivity index (χ4v) is 2.60. The van der Waals surface area contributed by atoms with E-state index in [2.05, 4.69) is 5.32 Å². The molecule has 0 fully saturated rings. The Morgan fingerprint density at radius 1 is 0.931 bits per heavy atom. The highest BCUT2D eigenvalue weighted by atomic mass is 16.5. The van der Waals surface area contributed by atoms with Gasteiger partial charge in [0.25, 0.3) is 5.91 Å². The lowest BCUT2D eigenvalue weighted by molar-refractivity contribution is -0.124. The molecule has 29 heavy (non-hydrogen) atoms. The predicted octanol–water partition coefficient (Wildman–Crippen LogP) is 2.25. The highest BCUT2D eigenvalue weighted by Crippen LogP contribution is 2.38. The quantitative estimate of drug-likeness (QED) is 0.644. The highest BCUT2D eigenvalue weighted by Gasteiger charge is 2.14. The van der Waals surface area contributed by atoms with Gasteiger partial charge in [-0.25, -0.2) is 4.79 Å². The number of carbonyl (C=O) groups excluding carboxylic acids is 2. The molecule has 0 heterocycles. The molecule has 0 aliphatic rings. The van der Waals surface area contributed by atoms with Crippen molar-refractivity contribution in [1.82, 2.24) is 5.32 Å². The molecule has 0 atom stereocenters. The summed E-state index contributed by atoms with van der Waals surface area (Å²) in [4.78, 5) is 26.0. The first-order valence-electron chi connectivity index (χ1n) is 8.89. The number of nitrogens with zero attached hydrogens (tertiary/aromatic N) is 1. The Kier molecular flexibility index (Phi) is 7.70. The van der Waals surface area contributed by atoms with Gasteiger partial charge in [-0.15, -0.1) is 0 Å². The van der Waals surface area contributed by atoms with E-state index in [4.69, 9.17) is 18.9 Å². The molecule has 0 radical (unpaired) electrons. The number of hydrogen-bond acceptors (Lipinski definition) is 7. The zero-order valence-corrected chi connectivity index (χ0v) is 17.3. The molecule has 0 aliphatic heterocycles. The summed E-state index contributed by atoms with van der Waals surface area (Å²) in [5.41, 5.74) is 2.09. The third-order valence-corrected chi connectivity index (χ3v) is 4.17. The molecule has 0 aromatic heterocycles. The predicted molar refractivity (Wildman–Crippen MR) is 109 cm³/mol. The maximum Gasteiger partial charge on any atom is 0.338 e. The van der Waals surface area contributed by atoms with E-state index in [1.165, 1.54) is 21.3 Å². The lowest BCUT2D eigenvalue weighted by Crippen LogP contribution is -2.28. The minimum atomic E-state index is -0.557. The number of esters is 1. The van der Waals surface area contributed by atoms with Gasteiger partial charge in [-0.1, -0.05) is 0 Å². The van der Waals surface area contributed by atoms with Gasteiger partial charge in [0.05, 0.1) is 26.9 Å². The van der Waals surface area contributed by atoms with Crippen LogP contribution in [0.3, 0.4) is 0 Å². The van der Waals surface area contributed by atoms with Crippen LogP contribution in [-0.4, -0.2) is 53.9 Å². The van der Waals surface area contributed by atoms with Crippen LogP contribution in [0.1, 0.15) is 15.9 Å². The number of nitrogens with one attached hydrogen (secondary N) is 1. The SMILES string of the molecule is COc1cc(CNC(=O)COC(=O)c2ccc(N(C)C)cc2)cc(OC)c1OC. The molecule has 8 heteroatoms. The molecule has 1 N–H and O–H groups in total. The van der Waals surface area contributed by atoms with E-state index in [-0.39, 0.29) is 13.2 Å². The Bertz CT molecular complexity index is 824. The van der Waals surface area contributed by atoms with Crippen molar-refractivity contribution in [2.75, 3.05) is 46.9 Å². The van der Waals surface area contributed by atoms with Gasteiger partial charge in [0, 0.05) is 26.3 Å². The van der Waals surface area contributed by atoms with Crippen LogP contribution in [0.25, 0.3) is 0 Å². The van der Waals surface area contributed by atoms with Crippen LogP contribution < -0.4 is 24.4 Å². The number of ether oxygens (including phenoxy) is 4. The van der Waals surface area contributed by atoms with Gasteiger partial charge in [0.1, 0.15) is 0 Å². The van der Waals surface area contributed by atoms with Crippen LogP contribution in [0.5, 0.6) is 17.2 Å². The molecule has 1 amide bonds. The molecular formula is C21H26N2O6. The van der Waals surface area contributed by atoms with Gasteiger partial charge in [-0.3, -0.25) is 4.79 Å². The molecule has 0 saturated heterocycles. The van der Waals surface area contributed by atoms with Crippen molar-refractivity contribution < 1.29 is 28.5 Å². The standard InChI is InChI=1S/C21H26N2O6/c1-23(2)16-8-6-15(7-9-16)21(25)29-13-19(24)22-12-14-10-17(26-3)20(28-5)18(11-14)27-4/h6-11H,12-13H2,1-5H3,(H,22,24). The lowest BCUT2D eigenvalue weighted by atomic mass is 10.1. The van der Waals surface area contributed by atoms with Crippen LogP contribution in [0.2, 0.25) is 0 Å². The molecule has 2 rings (SSSR count). The average molecular weight is 402 g/mol. The Hall–Kier alpha value is -3.42. The maximum atomic E-state index is 12.1. The zero-order chi connectivity index (χ0) is 21.4. The van der Waals surface area contributed by atoms with Gasteiger partial charge in [-0.2, -0.15) is 0 Å². The number of hydrogen-bond donors (Lipinski definition) is 1. The summed E-state index contributed by atoms with van der Waals surface area (Å²) in [6.07, 6.45) is 0. The lowest BCUT2D eigenvalue weighted by Gasteiger charge is -2.14. The Labute approximate surface area is 170 Å². The summed E-state index contributed by atoms with van der Waals surface area (Å²) >= 11 is 0. The molecule has 0 spiro atoms. The molecule has 0 bridgehead atoms. The van der Waals surface area contributed by atoms with Crippen molar-refractivity contribution >= 4 is 17.6 Å². The Morgan fingerprint density at radius 2 is 1.52 bits per heavy atom. The zero-order valence-electron chi connectivity index (χ0n) is 17.3. The van der Waals surface area contributed by atoms with Crippen LogP contribution in [0, 0.1) is 0 Å². The van der Waals surface area contributed by atoms with Crippen molar-refractivity contribution in [2.45, 2.75) is 6.54 Å². The van der Waals surface area contributed by atoms with E-state index >= 15 is 0 Å². The van der Waals surface area contributed by atoms with E-state index in [9.17, 15) is 9.59 Å². The summed E-state index contributed by atoms with van der Waals surface area (Å²) < 4.78 is 20.9. The second kappa shape index (κ2) is 10.2. The van der Waals surface area contributed by atoms with Crippen LogP contribution in [0.4, 0.5) is 5.69 Å². The molecule has 0 unspecified atom stereocenters. The first-order chi connectivity index (χ1) is 13.9.